The number of aldehydes is 1. The number of nitrogens with two attached hydrogens (primary N) is 1. The van der Waals surface area contributed by atoms with Crippen molar-refractivity contribution in [2.75, 3.05) is 11.1 Å². The molecule has 0 saturated heterocycles. The molecule has 122 valence electrons. The van der Waals surface area contributed by atoms with Gasteiger partial charge in [-0.15, -0.1) is 11.3 Å². The third-order valence-corrected chi connectivity index (χ3v) is 4.89. The number of carbonyl (C=O) groups is 1. The zero-order chi connectivity index (χ0) is 16.8. The van der Waals surface area contributed by atoms with Crippen molar-refractivity contribution < 1.29 is 14.3 Å². The lowest BCUT2D eigenvalue weighted by molar-refractivity contribution is 0.112. The molecule has 1 aliphatic rings. The van der Waals surface area contributed by atoms with Crippen LogP contribution in [0.3, 0.4) is 0 Å². The van der Waals surface area contributed by atoms with Gasteiger partial charge in [0.25, 0.3) is 0 Å². The van der Waals surface area contributed by atoms with Gasteiger partial charge in [-0.25, -0.2) is 14.4 Å². The minimum atomic E-state index is -0.784. The van der Waals surface area contributed by atoms with Gasteiger partial charge in [-0.1, -0.05) is 6.07 Å². The summed E-state index contributed by atoms with van der Waals surface area (Å²) < 4.78 is 14.4. The van der Waals surface area contributed by atoms with Gasteiger partial charge in [0.1, 0.15) is 4.83 Å². The van der Waals surface area contributed by atoms with E-state index >= 15 is 0 Å². The van der Waals surface area contributed by atoms with E-state index in [0.29, 0.717) is 33.4 Å². The Labute approximate surface area is 140 Å². The maximum atomic E-state index is 14.4. The molecule has 4 N–H and O–H groups in total. The van der Waals surface area contributed by atoms with E-state index in [2.05, 4.69) is 15.3 Å². The molecule has 0 spiro atoms. The Morgan fingerprint density at radius 1 is 1.38 bits per heavy atom. The van der Waals surface area contributed by atoms with Crippen LogP contribution >= 0.6 is 11.3 Å². The predicted molar refractivity (Wildman–Crippen MR) is 90.9 cm³/mol. The lowest BCUT2D eigenvalue weighted by Crippen LogP contribution is -2.06. The molecule has 8 heteroatoms. The van der Waals surface area contributed by atoms with Crippen molar-refractivity contribution in [2.24, 2.45) is 0 Å². The number of hydrogen-bond acceptors (Lipinski definition) is 7. The molecule has 0 atom stereocenters. The summed E-state index contributed by atoms with van der Waals surface area (Å²) in [4.78, 5) is 20.8. The summed E-state index contributed by atoms with van der Waals surface area (Å²) in [5.41, 5.74) is 6.63. The first-order valence-electron chi connectivity index (χ1n) is 7.38. The van der Waals surface area contributed by atoms with E-state index < -0.39 is 11.6 Å². The Hall–Kier alpha value is -2.74. The first-order chi connectivity index (χ1) is 11.6. The number of thiophene rings is 1. The van der Waals surface area contributed by atoms with E-state index in [-0.39, 0.29) is 16.9 Å². The van der Waals surface area contributed by atoms with Gasteiger partial charge in [0.05, 0.1) is 21.6 Å². The summed E-state index contributed by atoms with van der Waals surface area (Å²) >= 11 is 1.14. The number of fused-ring (bicyclic) bond motifs is 1. The average Bonchev–Trinajstić information content (AvgIpc) is 3.32. The summed E-state index contributed by atoms with van der Waals surface area (Å²) in [6.45, 7) is 0. The zero-order valence-electron chi connectivity index (χ0n) is 12.4. The van der Waals surface area contributed by atoms with Crippen LogP contribution in [0.15, 0.2) is 18.2 Å². The zero-order valence-corrected chi connectivity index (χ0v) is 13.2. The van der Waals surface area contributed by atoms with Crippen molar-refractivity contribution in [3.63, 3.8) is 0 Å². The topological polar surface area (TPSA) is 101 Å². The van der Waals surface area contributed by atoms with Gasteiger partial charge in [-0.3, -0.25) is 4.79 Å². The number of carbonyl (C=O) groups excluding carboxylic acids is 1. The number of halogens is 1. The first kappa shape index (κ1) is 14.8. The smallest absolute Gasteiger partial charge is 0.224 e. The third-order valence-electron chi connectivity index (χ3n) is 3.87. The van der Waals surface area contributed by atoms with Gasteiger partial charge in [-0.2, -0.15) is 0 Å². The SMILES string of the molecule is Nc1c(C=O)sc2nc(NC3CC3)nc(-c3cccc(O)c3F)c12. The highest BCUT2D eigenvalue weighted by Gasteiger charge is 2.25. The van der Waals surface area contributed by atoms with Gasteiger partial charge in [0.15, 0.2) is 17.9 Å². The van der Waals surface area contributed by atoms with Crippen molar-refractivity contribution in [3.05, 3.63) is 28.9 Å². The van der Waals surface area contributed by atoms with Gasteiger partial charge in [0, 0.05) is 11.6 Å². The molecule has 4 rings (SSSR count). The van der Waals surface area contributed by atoms with Crippen molar-refractivity contribution >= 4 is 39.5 Å². The highest BCUT2D eigenvalue weighted by atomic mass is 32.1. The summed E-state index contributed by atoms with van der Waals surface area (Å²) in [6, 6.07) is 4.61. The van der Waals surface area contributed by atoms with Crippen LogP contribution in [0.2, 0.25) is 0 Å². The number of nitrogen functional groups attached to an aromatic ring is 1. The summed E-state index contributed by atoms with van der Waals surface area (Å²) in [6.07, 6.45) is 2.71. The molecule has 6 nitrogen and oxygen atoms in total. The fourth-order valence-corrected chi connectivity index (χ4v) is 3.41. The Kier molecular flexibility index (Phi) is 3.34. The minimum absolute atomic E-state index is 0.114. The first-order valence-corrected chi connectivity index (χ1v) is 8.19. The molecule has 24 heavy (non-hydrogen) atoms. The molecule has 2 aromatic heterocycles. The van der Waals surface area contributed by atoms with E-state index in [4.69, 9.17) is 5.73 Å². The van der Waals surface area contributed by atoms with Crippen LogP contribution in [0.4, 0.5) is 16.0 Å². The van der Waals surface area contributed by atoms with Crippen LogP contribution in [0, 0.1) is 5.82 Å². The maximum Gasteiger partial charge on any atom is 0.224 e. The van der Waals surface area contributed by atoms with E-state index in [1.165, 1.54) is 18.2 Å². The molecule has 1 aliphatic carbocycles. The number of aromatic nitrogens is 2. The second kappa shape index (κ2) is 5.41. The lowest BCUT2D eigenvalue weighted by atomic mass is 10.1. The van der Waals surface area contributed by atoms with Crippen LogP contribution in [0.25, 0.3) is 21.5 Å². The number of phenols is 1. The average molecular weight is 344 g/mol. The second-order valence-corrected chi connectivity index (χ2v) is 6.66. The van der Waals surface area contributed by atoms with E-state index in [9.17, 15) is 14.3 Å². The van der Waals surface area contributed by atoms with Gasteiger partial charge in [-0.05, 0) is 25.0 Å². The predicted octanol–water partition coefficient (Wildman–Crippen LogP) is 3.17. The third kappa shape index (κ3) is 2.35. The fraction of sp³-hybridized carbons (Fsp3) is 0.188. The van der Waals surface area contributed by atoms with Crippen LogP contribution in [-0.4, -0.2) is 27.4 Å². The largest absolute Gasteiger partial charge is 0.505 e. The number of aromatic hydroxyl groups is 1. The van der Waals surface area contributed by atoms with Crippen molar-refractivity contribution in [2.45, 2.75) is 18.9 Å². The van der Waals surface area contributed by atoms with Crippen LogP contribution < -0.4 is 11.1 Å². The van der Waals surface area contributed by atoms with Crippen molar-refractivity contribution in [1.82, 2.24) is 9.97 Å². The highest BCUT2D eigenvalue weighted by molar-refractivity contribution is 7.21. The number of anilines is 2. The van der Waals surface area contributed by atoms with E-state index in [1.807, 2.05) is 0 Å². The van der Waals surface area contributed by atoms with Gasteiger partial charge >= 0.3 is 0 Å². The molecule has 1 fully saturated rings. The summed E-state index contributed by atoms with van der Waals surface area (Å²) in [5, 5.41) is 13.3. The molecule has 0 bridgehead atoms. The standard InChI is InChI=1S/C16H13FN4O2S/c17-12-8(2-1-3-9(12)23)14-11-13(18)10(6-22)24-15(11)21-16(20-14)19-7-4-5-7/h1-3,6-7,23H,4-5,18H2,(H,19,20,21). The number of hydrogen-bond donors (Lipinski definition) is 3. The molecule has 0 aliphatic heterocycles. The monoisotopic (exact) mass is 344 g/mol. The summed E-state index contributed by atoms with van der Waals surface area (Å²) in [7, 11) is 0. The molecule has 1 aromatic carbocycles. The van der Waals surface area contributed by atoms with Gasteiger partial charge < -0.3 is 16.2 Å². The Bertz CT molecular complexity index is 968. The summed E-state index contributed by atoms with van der Waals surface area (Å²) in [5.74, 6) is -0.894. The molecule has 0 radical (unpaired) electrons. The Morgan fingerprint density at radius 2 is 2.17 bits per heavy atom. The maximum absolute atomic E-state index is 14.4. The number of nitrogens with zero attached hydrogens (tertiary/aromatic N) is 2. The molecule has 0 amide bonds. The van der Waals surface area contributed by atoms with Crippen molar-refractivity contribution in [3.8, 4) is 17.0 Å². The molecule has 0 unspecified atom stereocenters. The second-order valence-electron chi connectivity index (χ2n) is 5.63. The minimum Gasteiger partial charge on any atom is -0.505 e. The normalized spacial score (nSPS) is 14.0. The number of phenolic OH excluding ortho intramolecular Hbond substituents is 1. The number of benzene rings is 1. The number of rotatable bonds is 4. The van der Waals surface area contributed by atoms with Gasteiger partial charge in [0.2, 0.25) is 5.95 Å². The van der Waals surface area contributed by atoms with Crippen molar-refractivity contribution in [1.29, 1.82) is 0 Å². The fourth-order valence-electron chi connectivity index (χ4n) is 2.50. The number of nitrogens with one attached hydrogen (secondary N) is 1. The van der Waals surface area contributed by atoms with Crippen LogP contribution in [0.5, 0.6) is 5.75 Å². The van der Waals surface area contributed by atoms with Crippen LogP contribution in [0.1, 0.15) is 22.5 Å². The molecular weight excluding hydrogens is 331 g/mol. The Morgan fingerprint density at radius 3 is 2.88 bits per heavy atom. The molecular formula is C16H13FN4O2S. The Balaban J connectivity index is 2.01. The van der Waals surface area contributed by atoms with E-state index in [1.54, 1.807) is 0 Å². The van der Waals surface area contributed by atoms with Crippen LogP contribution in [-0.2, 0) is 0 Å². The molecule has 2 heterocycles. The molecule has 1 saturated carbocycles. The van der Waals surface area contributed by atoms with E-state index in [0.717, 1.165) is 24.2 Å². The quantitative estimate of drug-likeness (QED) is 0.629. The highest BCUT2D eigenvalue weighted by Crippen LogP contribution is 2.40. The lowest BCUT2D eigenvalue weighted by Gasteiger charge is -2.09. The molecule has 3 aromatic rings.